The molecular formula is C29H21N3O5. The lowest BCUT2D eigenvalue weighted by Crippen LogP contribution is -2.12. The summed E-state index contributed by atoms with van der Waals surface area (Å²) in [6.07, 6.45) is 1.68. The highest BCUT2D eigenvalue weighted by molar-refractivity contribution is 6.14. The van der Waals surface area contributed by atoms with E-state index in [9.17, 15) is 4.79 Å². The Morgan fingerprint density at radius 2 is 1.65 bits per heavy atom. The molecule has 0 spiro atoms. The lowest BCUT2D eigenvalue weighted by atomic mass is 10.0. The predicted molar refractivity (Wildman–Crippen MR) is 141 cm³/mol. The van der Waals surface area contributed by atoms with Gasteiger partial charge in [0, 0.05) is 23.2 Å². The molecule has 0 aliphatic carbocycles. The van der Waals surface area contributed by atoms with Crippen LogP contribution in [0.25, 0.3) is 32.6 Å². The van der Waals surface area contributed by atoms with Crippen LogP contribution in [0.3, 0.4) is 0 Å². The zero-order valence-corrected chi connectivity index (χ0v) is 20.0. The molecule has 8 heteroatoms. The highest BCUT2D eigenvalue weighted by Gasteiger charge is 2.16. The smallest absolute Gasteiger partial charge is 0.257 e. The van der Waals surface area contributed by atoms with Crippen molar-refractivity contribution in [1.82, 2.24) is 10.1 Å². The van der Waals surface area contributed by atoms with Crippen molar-refractivity contribution in [1.29, 1.82) is 0 Å². The summed E-state index contributed by atoms with van der Waals surface area (Å²) in [5, 5.41) is 10.0. The van der Waals surface area contributed by atoms with Gasteiger partial charge < -0.3 is 24.1 Å². The standard InChI is InChI=1S/C29H21N3O5/c1-34-26-15-22-23(16-27(26)35-2)30-13-12-24(22)36-18-10-11-19-17(14-18)6-5-8-20(19)29(33)31-28-21-7-3-4-9-25(21)37-32-28/h3-16H,1-2H3,(H,31,32,33). The third-order valence-corrected chi connectivity index (χ3v) is 6.14. The van der Waals surface area contributed by atoms with Gasteiger partial charge in [0.15, 0.2) is 22.9 Å². The number of carbonyl (C=O) groups is 1. The van der Waals surface area contributed by atoms with Gasteiger partial charge in [-0.3, -0.25) is 9.78 Å². The quantitative estimate of drug-likeness (QED) is 0.281. The number of para-hydroxylation sites is 1. The summed E-state index contributed by atoms with van der Waals surface area (Å²) in [6, 6.07) is 24.0. The van der Waals surface area contributed by atoms with Crippen LogP contribution in [0, 0.1) is 0 Å². The fourth-order valence-corrected chi connectivity index (χ4v) is 4.34. The van der Waals surface area contributed by atoms with Crippen LogP contribution in [0.2, 0.25) is 0 Å². The Balaban J connectivity index is 1.32. The number of anilines is 1. The summed E-state index contributed by atoms with van der Waals surface area (Å²) in [6.45, 7) is 0. The van der Waals surface area contributed by atoms with Gasteiger partial charge in [0.2, 0.25) is 0 Å². The Morgan fingerprint density at radius 3 is 2.51 bits per heavy atom. The summed E-state index contributed by atoms with van der Waals surface area (Å²) in [4.78, 5) is 17.6. The van der Waals surface area contributed by atoms with Gasteiger partial charge in [0.1, 0.15) is 11.5 Å². The van der Waals surface area contributed by atoms with Gasteiger partial charge in [0.25, 0.3) is 5.91 Å². The maximum absolute atomic E-state index is 13.2. The van der Waals surface area contributed by atoms with E-state index in [1.165, 1.54) is 0 Å². The third kappa shape index (κ3) is 4.04. The second-order valence-electron chi connectivity index (χ2n) is 8.31. The van der Waals surface area contributed by atoms with Crippen molar-refractivity contribution in [2.24, 2.45) is 0 Å². The Labute approximate surface area is 211 Å². The minimum atomic E-state index is -0.278. The molecule has 0 bridgehead atoms. The minimum Gasteiger partial charge on any atom is -0.493 e. The predicted octanol–water partition coefficient (Wildman–Crippen LogP) is 6.59. The number of nitrogens with zero attached hydrogens (tertiary/aromatic N) is 2. The van der Waals surface area contributed by atoms with Crippen LogP contribution in [0.4, 0.5) is 5.82 Å². The number of benzene rings is 4. The van der Waals surface area contributed by atoms with Gasteiger partial charge in [-0.2, -0.15) is 0 Å². The molecule has 0 saturated carbocycles. The van der Waals surface area contributed by atoms with Crippen molar-refractivity contribution in [2.75, 3.05) is 19.5 Å². The largest absolute Gasteiger partial charge is 0.493 e. The molecule has 4 aromatic carbocycles. The van der Waals surface area contributed by atoms with Gasteiger partial charge in [-0.05, 0) is 59.3 Å². The number of nitrogens with one attached hydrogen (secondary N) is 1. The maximum Gasteiger partial charge on any atom is 0.257 e. The zero-order valence-electron chi connectivity index (χ0n) is 20.0. The summed E-state index contributed by atoms with van der Waals surface area (Å²) < 4.78 is 22.4. The van der Waals surface area contributed by atoms with E-state index in [1.54, 1.807) is 38.6 Å². The van der Waals surface area contributed by atoms with Crippen LogP contribution >= 0.6 is 0 Å². The Kier molecular flexibility index (Phi) is 5.54. The van der Waals surface area contributed by atoms with Crippen LogP contribution in [0.1, 0.15) is 10.4 Å². The molecule has 0 radical (unpaired) electrons. The molecule has 182 valence electrons. The number of amides is 1. The first-order valence-electron chi connectivity index (χ1n) is 11.5. The lowest BCUT2D eigenvalue weighted by molar-refractivity contribution is 0.102. The molecule has 1 N–H and O–H groups in total. The van der Waals surface area contributed by atoms with E-state index in [-0.39, 0.29) is 5.91 Å². The average molecular weight is 492 g/mol. The van der Waals surface area contributed by atoms with Crippen LogP contribution in [-0.2, 0) is 0 Å². The summed E-state index contributed by atoms with van der Waals surface area (Å²) in [5.74, 6) is 2.53. The Bertz CT molecular complexity index is 1790. The van der Waals surface area contributed by atoms with Crippen molar-refractivity contribution in [3.63, 3.8) is 0 Å². The van der Waals surface area contributed by atoms with Crippen molar-refractivity contribution in [3.8, 4) is 23.0 Å². The minimum absolute atomic E-state index is 0.278. The van der Waals surface area contributed by atoms with Gasteiger partial charge >= 0.3 is 0 Å². The molecule has 1 amide bonds. The number of pyridine rings is 1. The van der Waals surface area contributed by atoms with Crippen LogP contribution in [-0.4, -0.2) is 30.3 Å². The van der Waals surface area contributed by atoms with E-state index in [0.29, 0.717) is 40.0 Å². The summed E-state index contributed by atoms with van der Waals surface area (Å²) in [7, 11) is 3.17. The highest BCUT2D eigenvalue weighted by atomic mass is 16.5. The van der Waals surface area contributed by atoms with Gasteiger partial charge in [0.05, 0.1) is 25.1 Å². The first-order valence-corrected chi connectivity index (χ1v) is 11.5. The van der Waals surface area contributed by atoms with Crippen molar-refractivity contribution < 1.29 is 23.5 Å². The van der Waals surface area contributed by atoms with E-state index < -0.39 is 0 Å². The molecule has 0 fully saturated rings. The molecule has 6 aromatic rings. The molecule has 0 saturated heterocycles. The normalized spacial score (nSPS) is 11.1. The second-order valence-corrected chi connectivity index (χ2v) is 8.31. The van der Waals surface area contributed by atoms with E-state index in [0.717, 1.165) is 27.1 Å². The topological polar surface area (TPSA) is 95.7 Å². The molecule has 2 aromatic heterocycles. The SMILES string of the molecule is COc1cc2nccc(Oc3ccc4c(C(=O)Nc5noc6ccccc56)cccc4c3)c2cc1OC. The maximum atomic E-state index is 13.2. The zero-order chi connectivity index (χ0) is 25.4. The highest BCUT2D eigenvalue weighted by Crippen LogP contribution is 2.37. The molecular weight excluding hydrogens is 470 g/mol. The van der Waals surface area contributed by atoms with E-state index in [1.807, 2.05) is 60.7 Å². The van der Waals surface area contributed by atoms with Crippen LogP contribution < -0.4 is 19.5 Å². The molecule has 8 nitrogen and oxygen atoms in total. The van der Waals surface area contributed by atoms with Gasteiger partial charge in [-0.15, -0.1) is 0 Å². The van der Waals surface area contributed by atoms with Gasteiger partial charge in [-0.25, -0.2) is 0 Å². The summed E-state index contributed by atoms with van der Waals surface area (Å²) >= 11 is 0. The molecule has 0 aliphatic rings. The number of hydrogen-bond donors (Lipinski definition) is 1. The fraction of sp³-hybridized carbons (Fsp3) is 0.0690. The number of methoxy groups -OCH3 is 2. The molecule has 0 unspecified atom stereocenters. The van der Waals surface area contributed by atoms with Crippen molar-refractivity contribution in [2.45, 2.75) is 0 Å². The molecule has 37 heavy (non-hydrogen) atoms. The number of ether oxygens (including phenoxy) is 3. The number of carbonyl (C=O) groups excluding carboxylic acids is 1. The Morgan fingerprint density at radius 1 is 0.811 bits per heavy atom. The number of rotatable bonds is 6. The second kappa shape index (κ2) is 9.16. The van der Waals surface area contributed by atoms with Crippen molar-refractivity contribution in [3.05, 3.63) is 90.6 Å². The number of hydrogen-bond acceptors (Lipinski definition) is 7. The molecule has 6 rings (SSSR count). The fourth-order valence-electron chi connectivity index (χ4n) is 4.34. The Hall–Kier alpha value is -5.11. The van der Waals surface area contributed by atoms with Gasteiger partial charge in [-0.1, -0.05) is 29.4 Å². The number of fused-ring (bicyclic) bond motifs is 3. The van der Waals surface area contributed by atoms with Crippen LogP contribution in [0.5, 0.6) is 23.0 Å². The summed E-state index contributed by atoms with van der Waals surface area (Å²) in [5.41, 5.74) is 1.84. The third-order valence-electron chi connectivity index (χ3n) is 6.14. The van der Waals surface area contributed by atoms with Crippen LogP contribution in [0.15, 0.2) is 89.6 Å². The lowest BCUT2D eigenvalue weighted by Gasteiger charge is -2.13. The molecule has 0 aliphatic heterocycles. The first kappa shape index (κ1) is 22.4. The van der Waals surface area contributed by atoms with Crippen molar-refractivity contribution >= 4 is 44.4 Å². The number of aromatic nitrogens is 2. The monoisotopic (exact) mass is 491 g/mol. The van der Waals surface area contributed by atoms with E-state index in [2.05, 4.69) is 15.5 Å². The molecule has 0 atom stereocenters. The first-order chi connectivity index (χ1) is 18.1. The van der Waals surface area contributed by atoms with E-state index >= 15 is 0 Å². The van der Waals surface area contributed by atoms with E-state index in [4.69, 9.17) is 18.7 Å². The average Bonchev–Trinajstić information content (AvgIpc) is 3.34. The molecule has 2 heterocycles.